The fourth-order valence-corrected chi connectivity index (χ4v) is 4.80. The molecule has 0 aliphatic carbocycles. The normalized spacial score (nSPS) is 10.1. The number of rotatable bonds is 11. The molecule has 0 aliphatic rings. The van der Waals surface area contributed by atoms with Crippen LogP contribution in [0.4, 0.5) is 0 Å². The number of hydrogen-bond acceptors (Lipinski definition) is 8. The fraction of sp³-hybridized carbons (Fsp3) is 0.857. The second-order valence-corrected chi connectivity index (χ2v) is 8.67. The Kier molecular flexibility index (Phi) is 40.3. The van der Waals surface area contributed by atoms with Crippen molar-refractivity contribution in [2.45, 2.75) is 34.6 Å². The standard InChI is InChI=1S/C6H14BrO3P.C6H13O3P.C2H6O.K.H2O/c1-3-9-11(8,6-5-7)10-4-2;1-4-8-10(7,6-3)9-5-2;1-2-3;;/h3-6H2,1-2H3;6H,3-5H2,1-2H3;3H,2H2,1H3;;1H2/q;;;+1;/p-1. The van der Waals surface area contributed by atoms with E-state index in [-0.39, 0.29) is 63.5 Å². The predicted molar refractivity (Wildman–Crippen MR) is 105 cm³/mol. The molecule has 0 amide bonds. The van der Waals surface area contributed by atoms with Crippen molar-refractivity contribution in [3.8, 4) is 0 Å². The molecule has 12 heteroatoms. The van der Waals surface area contributed by atoms with Crippen molar-refractivity contribution in [2.75, 3.05) is 44.5 Å². The SMILES string of the molecule is C=CP(=O)(OCC)OCC.CCO.CCOP(=O)(CCBr)OCC.[K+].[OH-]. The van der Waals surface area contributed by atoms with Gasteiger partial charge in [0.1, 0.15) is 0 Å². The van der Waals surface area contributed by atoms with E-state index < -0.39 is 15.2 Å². The maximum Gasteiger partial charge on any atom is 1.00 e. The maximum absolute atomic E-state index is 11.5. The number of halogens is 1. The minimum Gasteiger partial charge on any atom is -0.870 e. The average Bonchev–Trinajstić information content (AvgIpc) is 2.50. The maximum atomic E-state index is 11.5. The summed E-state index contributed by atoms with van der Waals surface area (Å²) >= 11 is 3.19. The van der Waals surface area contributed by atoms with Crippen LogP contribution in [0.1, 0.15) is 34.6 Å². The fourth-order valence-electron chi connectivity index (χ4n) is 1.17. The van der Waals surface area contributed by atoms with Crippen LogP contribution in [0.15, 0.2) is 12.4 Å². The van der Waals surface area contributed by atoms with Crippen LogP contribution in [-0.4, -0.2) is 55.1 Å². The molecule has 0 unspecified atom stereocenters. The molecule has 0 aromatic rings. The molecule has 0 radical (unpaired) electrons. The summed E-state index contributed by atoms with van der Waals surface area (Å²) in [6.07, 6.45) is 0.439. The van der Waals surface area contributed by atoms with Crippen LogP contribution in [-0.2, 0) is 27.2 Å². The Balaban J connectivity index is -0.0000000921. The molecule has 0 aliphatic heterocycles. The predicted octanol–water partition coefficient (Wildman–Crippen LogP) is 1.87. The van der Waals surface area contributed by atoms with Gasteiger partial charge >= 0.3 is 66.6 Å². The van der Waals surface area contributed by atoms with Crippen molar-refractivity contribution >= 4 is 31.1 Å². The van der Waals surface area contributed by atoms with Crippen LogP contribution in [0, 0.1) is 0 Å². The largest absolute Gasteiger partial charge is 1.00 e. The summed E-state index contributed by atoms with van der Waals surface area (Å²) in [5.41, 5.74) is 0. The Morgan fingerprint density at radius 2 is 1.23 bits per heavy atom. The minimum atomic E-state index is -2.94. The first-order valence-corrected chi connectivity index (χ1v) is 12.3. The molecule has 2 N–H and O–H groups in total. The first kappa shape index (κ1) is 38.7. The minimum absolute atomic E-state index is 0. The second-order valence-electron chi connectivity index (χ2n) is 3.73. The van der Waals surface area contributed by atoms with Crippen LogP contribution >= 0.6 is 31.1 Å². The Labute approximate surface area is 209 Å². The molecule has 0 aromatic carbocycles. The second kappa shape index (κ2) is 27.1. The topological polar surface area (TPSA) is 121 Å². The van der Waals surface area contributed by atoms with Crippen LogP contribution in [0.25, 0.3) is 0 Å². The molecule has 156 valence electrons. The summed E-state index contributed by atoms with van der Waals surface area (Å²) in [6, 6.07) is 0. The van der Waals surface area contributed by atoms with Gasteiger partial charge in [0.15, 0.2) is 0 Å². The molecule has 0 spiro atoms. The van der Waals surface area contributed by atoms with Gasteiger partial charge in [0.2, 0.25) is 0 Å². The molecule has 0 saturated carbocycles. The van der Waals surface area contributed by atoms with E-state index >= 15 is 0 Å². The van der Waals surface area contributed by atoms with E-state index in [0.717, 1.165) is 0 Å². The summed E-state index contributed by atoms with van der Waals surface area (Å²) < 4.78 is 42.5. The zero-order valence-corrected chi connectivity index (χ0v) is 23.3. The van der Waals surface area contributed by atoms with Crippen molar-refractivity contribution < 1.29 is 89.2 Å². The van der Waals surface area contributed by atoms with Gasteiger partial charge in [0.25, 0.3) is 0 Å². The van der Waals surface area contributed by atoms with Gasteiger partial charge in [0.05, 0.1) is 32.6 Å². The Hall–Kier alpha value is 2.08. The smallest absolute Gasteiger partial charge is 0.870 e. The third-order valence-corrected chi connectivity index (χ3v) is 6.62. The summed E-state index contributed by atoms with van der Waals surface area (Å²) in [5, 5.41) is 8.21. The van der Waals surface area contributed by atoms with Crippen molar-refractivity contribution in [1.82, 2.24) is 0 Å². The average molecular weight is 511 g/mol. The summed E-state index contributed by atoms with van der Waals surface area (Å²) in [6.45, 7) is 14.0. The molecule has 0 saturated heterocycles. The van der Waals surface area contributed by atoms with E-state index in [4.69, 9.17) is 23.2 Å². The number of hydrogen-bond donors (Lipinski definition) is 1. The van der Waals surface area contributed by atoms with Crippen LogP contribution in [0.2, 0.25) is 0 Å². The molecule has 0 fully saturated rings. The molecule has 26 heavy (non-hydrogen) atoms. The van der Waals surface area contributed by atoms with Gasteiger partial charge in [0, 0.05) is 17.8 Å². The van der Waals surface area contributed by atoms with Crippen molar-refractivity contribution in [1.29, 1.82) is 0 Å². The Morgan fingerprint density at radius 1 is 0.923 bits per heavy atom. The quantitative estimate of drug-likeness (QED) is 0.254. The molecule has 0 aromatic heterocycles. The van der Waals surface area contributed by atoms with Gasteiger partial charge in [-0.1, -0.05) is 22.5 Å². The van der Waals surface area contributed by atoms with E-state index in [1.165, 1.54) is 5.82 Å². The van der Waals surface area contributed by atoms with Gasteiger partial charge in [-0.05, 0) is 34.6 Å². The van der Waals surface area contributed by atoms with Gasteiger partial charge in [-0.25, -0.2) is 0 Å². The van der Waals surface area contributed by atoms with E-state index in [1.54, 1.807) is 34.6 Å². The van der Waals surface area contributed by atoms with Crippen LogP contribution in [0.5, 0.6) is 0 Å². The summed E-state index contributed by atoms with van der Waals surface area (Å²) in [7, 11) is -5.70. The summed E-state index contributed by atoms with van der Waals surface area (Å²) in [4.78, 5) is 0. The van der Waals surface area contributed by atoms with E-state index in [1.807, 2.05) is 0 Å². The van der Waals surface area contributed by atoms with E-state index in [9.17, 15) is 9.13 Å². The molecular formula is C14H34BrKO8P2. The van der Waals surface area contributed by atoms with Crippen molar-refractivity contribution in [3.05, 3.63) is 12.4 Å². The molecular weight excluding hydrogens is 477 g/mol. The van der Waals surface area contributed by atoms with Gasteiger partial charge < -0.3 is 28.7 Å². The molecule has 0 rings (SSSR count). The van der Waals surface area contributed by atoms with E-state index in [0.29, 0.717) is 37.9 Å². The molecule has 0 heterocycles. The Morgan fingerprint density at radius 3 is 1.42 bits per heavy atom. The van der Waals surface area contributed by atoms with Gasteiger partial charge in [-0.2, -0.15) is 0 Å². The molecule has 0 bridgehead atoms. The first-order chi connectivity index (χ1) is 11.3. The van der Waals surface area contributed by atoms with Crippen molar-refractivity contribution in [3.63, 3.8) is 0 Å². The molecule has 8 nitrogen and oxygen atoms in total. The Bertz CT molecular complexity index is 341. The van der Waals surface area contributed by atoms with Gasteiger partial charge in [-0.3, -0.25) is 9.13 Å². The van der Waals surface area contributed by atoms with E-state index in [2.05, 4.69) is 22.5 Å². The third-order valence-electron chi connectivity index (χ3n) is 1.85. The number of aliphatic hydroxyl groups excluding tert-OH is 1. The number of alkyl halides is 1. The zero-order chi connectivity index (χ0) is 19.5. The van der Waals surface area contributed by atoms with Crippen LogP contribution < -0.4 is 51.4 Å². The third kappa shape index (κ3) is 26.1. The molecule has 0 atom stereocenters. The van der Waals surface area contributed by atoms with Crippen LogP contribution in [0.3, 0.4) is 0 Å². The first-order valence-electron chi connectivity index (χ1n) is 7.85. The van der Waals surface area contributed by atoms with Crippen molar-refractivity contribution in [2.24, 2.45) is 0 Å². The summed E-state index contributed by atoms with van der Waals surface area (Å²) in [5.74, 6) is 1.22. The monoisotopic (exact) mass is 510 g/mol. The zero-order valence-electron chi connectivity index (χ0n) is 16.9. The van der Waals surface area contributed by atoms with Gasteiger partial charge in [-0.15, -0.1) is 0 Å². The number of aliphatic hydroxyl groups is 1.